The van der Waals surface area contributed by atoms with E-state index in [9.17, 15) is 14.7 Å². The van der Waals surface area contributed by atoms with E-state index in [1.54, 1.807) is 0 Å². The molecule has 0 radical (unpaired) electrons. The van der Waals surface area contributed by atoms with E-state index >= 15 is 0 Å². The van der Waals surface area contributed by atoms with Gasteiger partial charge in [-0.3, -0.25) is 4.79 Å². The molecule has 0 aliphatic rings. The Kier molecular flexibility index (Phi) is 7.69. The summed E-state index contributed by atoms with van der Waals surface area (Å²) in [5.41, 5.74) is 4.28. The highest BCUT2D eigenvalue weighted by atomic mass is 16.5. The minimum atomic E-state index is -1.13. The number of ether oxygens (including phenoxy) is 2. The van der Waals surface area contributed by atoms with Gasteiger partial charge in [0.25, 0.3) is 0 Å². The van der Waals surface area contributed by atoms with Gasteiger partial charge in [-0.05, 0) is 35.6 Å². The molecule has 0 spiro atoms. The number of carboxylic acid groups (broad SMARTS) is 1. The molecule has 32 heavy (non-hydrogen) atoms. The molecule has 0 fully saturated rings. The quantitative estimate of drug-likeness (QED) is 0.461. The summed E-state index contributed by atoms with van der Waals surface area (Å²) in [6.07, 6.45) is 1.21. The zero-order chi connectivity index (χ0) is 22.9. The van der Waals surface area contributed by atoms with Crippen LogP contribution in [-0.2, 0) is 20.9 Å². The van der Waals surface area contributed by atoms with Crippen molar-refractivity contribution in [3.8, 4) is 17.1 Å². The molecule has 9 nitrogen and oxygen atoms in total. The van der Waals surface area contributed by atoms with Crippen LogP contribution in [0, 0.1) is 6.92 Å². The zero-order valence-electron chi connectivity index (χ0n) is 17.8. The lowest BCUT2D eigenvalue weighted by atomic mass is 9.97. The number of nitrogens with zero attached hydrogens (tertiary/aromatic N) is 3. The third kappa shape index (κ3) is 6.00. The number of hydrogen-bond donors (Lipinski definition) is 2. The standard InChI is InChI=1S/C23H24N4O5/c1-15-17(9-6-10-18(15)16-7-4-3-5-8-16)13-32-23-25-14-24-22(27-23)26-19(21(29)30)11-12-20(28)31-2/h3-10,14,19H,11-13H2,1-2H3,(H,29,30)(H,24,25,26,27)/t19-/m1/s1. The fourth-order valence-corrected chi connectivity index (χ4v) is 3.11. The lowest BCUT2D eigenvalue weighted by Crippen LogP contribution is -2.31. The molecule has 0 aliphatic heterocycles. The van der Waals surface area contributed by atoms with Gasteiger partial charge in [0.05, 0.1) is 7.11 Å². The predicted octanol–water partition coefficient (Wildman–Crippen LogP) is 3.24. The number of aliphatic carboxylic acids is 1. The summed E-state index contributed by atoms with van der Waals surface area (Å²) in [6.45, 7) is 2.26. The lowest BCUT2D eigenvalue weighted by Gasteiger charge is -2.14. The van der Waals surface area contributed by atoms with E-state index in [1.807, 2.05) is 37.3 Å². The first-order valence-electron chi connectivity index (χ1n) is 10.00. The highest BCUT2D eigenvalue weighted by Gasteiger charge is 2.20. The molecular weight excluding hydrogens is 412 g/mol. The Hall–Kier alpha value is -4.01. The largest absolute Gasteiger partial charge is 0.480 e. The number of nitrogens with one attached hydrogen (secondary N) is 1. The highest BCUT2D eigenvalue weighted by molar-refractivity contribution is 5.78. The Balaban J connectivity index is 1.68. The molecule has 2 aromatic carbocycles. The number of benzene rings is 2. The van der Waals surface area contributed by atoms with Gasteiger partial charge < -0.3 is 19.9 Å². The van der Waals surface area contributed by atoms with Gasteiger partial charge in [0.2, 0.25) is 5.95 Å². The molecule has 0 saturated carbocycles. The van der Waals surface area contributed by atoms with Gasteiger partial charge in [-0.15, -0.1) is 0 Å². The van der Waals surface area contributed by atoms with Gasteiger partial charge in [-0.1, -0.05) is 48.5 Å². The summed E-state index contributed by atoms with van der Waals surface area (Å²) in [7, 11) is 1.25. The van der Waals surface area contributed by atoms with Crippen molar-refractivity contribution in [2.24, 2.45) is 0 Å². The topological polar surface area (TPSA) is 124 Å². The van der Waals surface area contributed by atoms with Crippen molar-refractivity contribution in [3.63, 3.8) is 0 Å². The van der Waals surface area contributed by atoms with Crippen LogP contribution in [0.25, 0.3) is 11.1 Å². The van der Waals surface area contributed by atoms with Gasteiger partial charge in [-0.2, -0.15) is 9.97 Å². The molecule has 0 saturated heterocycles. The van der Waals surface area contributed by atoms with Crippen molar-refractivity contribution in [2.75, 3.05) is 12.4 Å². The van der Waals surface area contributed by atoms with E-state index in [0.29, 0.717) is 0 Å². The Morgan fingerprint density at radius 2 is 1.88 bits per heavy atom. The Morgan fingerprint density at radius 3 is 2.59 bits per heavy atom. The lowest BCUT2D eigenvalue weighted by molar-refractivity contribution is -0.141. The Bertz CT molecular complexity index is 1070. The molecular formula is C23H24N4O5. The van der Waals surface area contributed by atoms with Crippen molar-refractivity contribution in [2.45, 2.75) is 32.4 Å². The van der Waals surface area contributed by atoms with Gasteiger partial charge in [0.15, 0.2) is 0 Å². The number of methoxy groups -OCH3 is 1. The summed E-state index contributed by atoms with van der Waals surface area (Å²) >= 11 is 0. The van der Waals surface area contributed by atoms with E-state index in [1.165, 1.54) is 13.4 Å². The molecule has 166 valence electrons. The second-order valence-corrected chi connectivity index (χ2v) is 6.99. The van der Waals surface area contributed by atoms with Crippen molar-refractivity contribution in [1.82, 2.24) is 15.0 Å². The van der Waals surface area contributed by atoms with Crippen LogP contribution < -0.4 is 10.1 Å². The van der Waals surface area contributed by atoms with Gasteiger partial charge in [0.1, 0.15) is 19.0 Å². The van der Waals surface area contributed by atoms with Gasteiger partial charge in [-0.25, -0.2) is 9.78 Å². The van der Waals surface area contributed by atoms with Crippen LogP contribution in [0.1, 0.15) is 24.0 Å². The average Bonchev–Trinajstić information content (AvgIpc) is 2.81. The zero-order valence-corrected chi connectivity index (χ0v) is 17.8. The second kappa shape index (κ2) is 10.9. The van der Waals surface area contributed by atoms with Crippen molar-refractivity contribution in [1.29, 1.82) is 0 Å². The molecule has 0 aliphatic carbocycles. The number of aromatic nitrogens is 3. The van der Waals surface area contributed by atoms with Crippen molar-refractivity contribution in [3.05, 3.63) is 66.0 Å². The molecule has 9 heteroatoms. The average molecular weight is 436 g/mol. The SMILES string of the molecule is COC(=O)CC[C@@H](Nc1ncnc(OCc2cccc(-c3ccccc3)c2C)n1)C(=O)O. The summed E-state index contributed by atoms with van der Waals surface area (Å²) in [6, 6.07) is 15.1. The maximum Gasteiger partial charge on any atom is 0.326 e. The number of rotatable bonds is 10. The van der Waals surface area contributed by atoms with Crippen LogP contribution in [0.5, 0.6) is 6.01 Å². The fraction of sp³-hybridized carbons (Fsp3) is 0.261. The number of carbonyl (C=O) groups excluding carboxylic acids is 1. The molecule has 2 N–H and O–H groups in total. The first-order chi connectivity index (χ1) is 15.5. The van der Waals surface area contributed by atoms with E-state index in [0.717, 1.165) is 22.3 Å². The first-order valence-corrected chi connectivity index (χ1v) is 10.00. The number of hydrogen-bond acceptors (Lipinski definition) is 8. The number of esters is 1. The maximum absolute atomic E-state index is 11.5. The molecule has 0 amide bonds. The minimum absolute atomic E-state index is 0.0232. The van der Waals surface area contributed by atoms with Crippen LogP contribution in [0.4, 0.5) is 5.95 Å². The Labute approximate surface area is 185 Å². The molecule has 1 aromatic heterocycles. The molecule has 3 aromatic rings. The van der Waals surface area contributed by atoms with Gasteiger partial charge >= 0.3 is 17.9 Å². The minimum Gasteiger partial charge on any atom is -0.480 e. The summed E-state index contributed by atoms with van der Waals surface area (Å²) in [5.74, 6) is -1.59. The van der Waals surface area contributed by atoms with E-state index < -0.39 is 18.0 Å². The van der Waals surface area contributed by atoms with Crippen LogP contribution >= 0.6 is 0 Å². The molecule has 0 bridgehead atoms. The van der Waals surface area contributed by atoms with Crippen molar-refractivity contribution >= 4 is 17.9 Å². The van der Waals surface area contributed by atoms with Crippen LogP contribution in [0.2, 0.25) is 0 Å². The Morgan fingerprint density at radius 1 is 1.09 bits per heavy atom. The molecule has 1 heterocycles. The normalized spacial score (nSPS) is 11.4. The summed E-state index contributed by atoms with van der Waals surface area (Å²) in [5, 5.41) is 12.1. The third-order valence-electron chi connectivity index (χ3n) is 4.90. The second-order valence-electron chi connectivity index (χ2n) is 6.99. The number of carbonyl (C=O) groups is 2. The van der Waals surface area contributed by atoms with Crippen LogP contribution in [-0.4, -0.2) is 45.1 Å². The summed E-state index contributed by atoms with van der Waals surface area (Å²) in [4.78, 5) is 34.8. The van der Waals surface area contributed by atoms with E-state index in [2.05, 4.69) is 43.2 Å². The summed E-state index contributed by atoms with van der Waals surface area (Å²) < 4.78 is 10.3. The van der Waals surface area contributed by atoms with E-state index in [-0.39, 0.29) is 31.4 Å². The predicted molar refractivity (Wildman–Crippen MR) is 117 cm³/mol. The fourth-order valence-electron chi connectivity index (χ4n) is 3.11. The highest BCUT2D eigenvalue weighted by Crippen LogP contribution is 2.26. The molecule has 3 rings (SSSR count). The van der Waals surface area contributed by atoms with Gasteiger partial charge in [0, 0.05) is 6.42 Å². The number of anilines is 1. The maximum atomic E-state index is 11.5. The number of carboxylic acids is 1. The monoisotopic (exact) mass is 436 g/mol. The van der Waals surface area contributed by atoms with Crippen LogP contribution in [0.15, 0.2) is 54.9 Å². The smallest absolute Gasteiger partial charge is 0.326 e. The molecule has 1 atom stereocenters. The molecule has 0 unspecified atom stereocenters. The first kappa shape index (κ1) is 22.7. The van der Waals surface area contributed by atoms with Crippen molar-refractivity contribution < 1.29 is 24.2 Å². The van der Waals surface area contributed by atoms with Crippen LogP contribution in [0.3, 0.4) is 0 Å². The van der Waals surface area contributed by atoms with E-state index in [4.69, 9.17) is 4.74 Å². The third-order valence-corrected chi connectivity index (χ3v) is 4.90.